The predicted octanol–water partition coefficient (Wildman–Crippen LogP) is 1.75. The molecule has 128 valence electrons. The lowest BCUT2D eigenvalue weighted by molar-refractivity contribution is -0.125. The Labute approximate surface area is 145 Å². The molecule has 24 heavy (non-hydrogen) atoms. The lowest BCUT2D eigenvalue weighted by atomic mass is 10.1. The van der Waals surface area contributed by atoms with Crippen molar-refractivity contribution in [3.63, 3.8) is 0 Å². The predicted molar refractivity (Wildman–Crippen MR) is 92.7 cm³/mol. The summed E-state index contributed by atoms with van der Waals surface area (Å²) in [5.74, 6) is 0.0118. The topological polar surface area (TPSA) is 94.5 Å². The van der Waals surface area contributed by atoms with Gasteiger partial charge in [-0.3, -0.25) is 4.79 Å². The van der Waals surface area contributed by atoms with E-state index in [0.29, 0.717) is 18.0 Å². The highest BCUT2D eigenvalue weighted by atomic mass is 35.5. The summed E-state index contributed by atoms with van der Waals surface area (Å²) in [4.78, 5) is 20.6. The molecule has 0 fully saturated rings. The van der Waals surface area contributed by atoms with Gasteiger partial charge in [0, 0.05) is 24.0 Å². The first kappa shape index (κ1) is 17.8. The van der Waals surface area contributed by atoms with Gasteiger partial charge < -0.3 is 20.5 Å². The first-order valence-electron chi connectivity index (χ1n) is 7.50. The summed E-state index contributed by atoms with van der Waals surface area (Å²) in [6, 6.07) is 7.29. The number of benzene rings is 1. The number of carbonyl (C=O) groups excluding carboxylic acids is 1. The first-order chi connectivity index (χ1) is 11.6. The Kier molecular flexibility index (Phi) is 6.62. The fourth-order valence-corrected chi connectivity index (χ4v) is 2.07. The van der Waals surface area contributed by atoms with E-state index in [9.17, 15) is 4.79 Å². The molecule has 1 unspecified atom stereocenters. The maximum Gasteiger partial charge on any atom is 0.260 e. The summed E-state index contributed by atoms with van der Waals surface area (Å²) >= 11 is 5.82. The number of hydrogen-bond donors (Lipinski definition) is 2. The number of nitrogens with two attached hydrogens (primary N) is 1. The molecule has 0 spiro atoms. The van der Waals surface area contributed by atoms with Crippen molar-refractivity contribution < 1.29 is 9.63 Å². The number of carbonyl (C=O) groups is 1. The van der Waals surface area contributed by atoms with Crippen LogP contribution in [0.1, 0.15) is 18.5 Å². The third-order valence-electron chi connectivity index (χ3n) is 3.41. The van der Waals surface area contributed by atoms with E-state index in [1.807, 2.05) is 31.2 Å². The van der Waals surface area contributed by atoms with Crippen molar-refractivity contribution in [3.05, 3.63) is 53.6 Å². The molecule has 1 atom stereocenters. The number of aromatic nitrogens is 2. The highest BCUT2D eigenvalue weighted by Crippen LogP contribution is 2.09. The Morgan fingerprint density at radius 1 is 1.46 bits per heavy atom. The molecule has 0 saturated carbocycles. The van der Waals surface area contributed by atoms with E-state index < -0.39 is 0 Å². The molecule has 2 aromatic rings. The van der Waals surface area contributed by atoms with E-state index in [1.54, 1.807) is 23.3 Å². The van der Waals surface area contributed by atoms with Gasteiger partial charge in [0.25, 0.3) is 5.91 Å². The summed E-state index contributed by atoms with van der Waals surface area (Å²) in [6.45, 7) is 2.18. The second-order valence-corrected chi connectivity index (χ2v) is 5.64. The second kappa shape index (κ2) is 8.93. The molecule has 0 radical (unpaired) electrons. The van der Waals surface area contributed by atoms with E-state index in [2.05, 4.69) is 15.5 Å². The van der Waals surface area contributed by atoms with E-state index in [1.165, 1.54) is 0 Å². The number of amidine groups is 1. The third kappa shape index (κ3) is 5.58. The SMILES string of the molecule is CC(/C(N)=N/OCC(=O)NCCc1ccc(Cl)cc1)n1ccnc1. The normalized spacial score (nSPS) is 12.7. The molecule has 7 nitrogen and oxygen atoms in total. The van der Waals surface area contributed by atoms with Crippen LogP contribution in [0.15, 0.2) is 48.1 Å². The zero-order valence-corrected chi connectivity index (χ0v) is 14.1. The number of nitrogens with one attached hydrogen (secondary N) is 1. The van der Waals surface area contributed by atoms with Crippen molar-refractivity contribution in [3.8, 4) is 0 Å². The van der Waals surface area contributed by atoms with Crippen molar-refractivity contribution >= 4 is 23.3 Å². The number of imidazole rings is 1. The van der Waals surface area contributed by atoms with Crippen LogP contribution in [0.5, 0.6) is 0 Å². The van der Waals surface area contributed by atoms with Crippen LogP contribution in [0.4, 0.5) is 0 Å². The Bertz CT molecular complexity index is 670. The Morgan fingerprint density at radius 3 is 2.88 bits per heavy atom. The van der Waals surface area contributed by atoms with Gasteiger partial charge in [0.2, 0.25) is 0 Å². The Balaban J connectivity index is 1.67. The highest BCUT2D eigenvalue weighted by molar-refractivity contribution is 6.30. The smallest absolute Gasteiger partial charge is 0.260 e. The lowest BCUT2D eigenvalue weighted by Crippen LogP contribution is -2.30. The van der Waals surface area contributed by atoms with Gasteiger partial charge in [0.1, 0.15) is 0 Å². The lowest BCUT2D eigenvalue weighted by Gasteiger charge is -2.11. The number of halogens is 1. The van der Waals surface area contributed by atoms with Crippen molar-refractivity contribution in [2.24, 2.45) is 10.9 Å². The van der Waals surface area contributed by atoms with Crippen molar-refractivity contribution in [1.29, 1.82) is 0 Å². The molecule has 0 aliphatic heterocycles. The van der Waals surface area contributed by atoms with E-state index in [-0.39, 0.29) is 24.4 Å². The zero-order valence-electron chi connectivity index (χ0n) is 13.4. The van der Waals surface area contributed by atoms with E-state index in [0.717, 1.165) is 5.56 Å². The number of amides is 1. The van der Waals surface area contributed by atoms with Gasteiger partial charge in [0.05, 0.1) is 12.4 Å². The molecule has 0 aliphatic rings. The number of rotatable bonds is 8. The molecule has 0 aliphatic carbocycles. The first-order valence-corrected chi connectivity index (χ1v) is 7.88. The third-order valence-corrected chi connectivity index (χ3v) is 3.67. The summed E-state index contributed by atoms with van der Waals surface area (Å²) < 4.78 is 1.79. The number of hydrogen-bond acceptors (Lipinski definition) is 4. The molecule has 1 aromatic heterocycles. The maximum atomic E-state index is 11.7. The van der Waals surface area contributed by atoms with Crippen LogP contribution >= 0.6 is 11.6 Å². The molecule has 3 N–H and O–H groups in total. The van der Waals surface area contributed by atoms with E-state index >= 15 is 0 Å². The Morgan fingerprint density at radius 2 is 2.21 bits per heavy atom. The quantitative estimate of drug-likeness (QED) is 0.431. The van der Waals surface area contributed by atoms with Crippen LogP contribution in [0, 0.1) is 0 Å². The zero-order chi connectivity index (χ0) is 17.4. The summed E-state index contributed by atoms with van der Waals surface area (Å²) in [5, 5.41) is 7.21. The maximum absolute atomic E-state index is 11.7. The van der Waals surface area contributed by atoms with Gasteiger partial charge >= 0.3 is 0 Å². The minimum Gasteiger partial charge on any atom is -0.384 e. The van der Waals surface area contributed by atoms with Crippen LogP contribution < -0.4 is 11.1 Å². The van der Waals surface area contributed by atoms with Gasteiger partial charge in [0.15, 0.2) is 12.4 Å². The largest absolute Gasteiger partial charge is 0.384 e. The molecule has 0 bridgehead atoms. The molecule has 1 amide bonds. The second-order valence-electron chi connectivity index (χ2n) is 5.20. The van der Waals surface area contributed by atoms with Gasteiger partial charge in [-0.1, -0.05) is 28.9 Å². The number of oxime groups is 1. The minimum absolute atomic E-state index is 0.183. The minimum atomic E-state index is -0.254. The summed E-state index contributed by atoms with van der Waals surface area (Å²) in [5.41, 5.74) is 6.91. The fraction of sp³-hybridized carbons (Fsp3) is 0.312. The van der Waals surface area contributed by atoms with Crippen LogP contribution in [0.3, 0.4) is 0 Å². The average molecular weight is 350 g/mol. The van der Waals surface area contributed by atoms with Gasteiger partial charge in [-0.25, -0.2) is 4.98 Å². The van der Waals surface area contributed by atoms with Crippen molar-refractivity contribution in [2.75, 3.05) is 13.2 Å². The van der Waals surface area contributed by atoms with Gasteiger partial charge in [-0.15, -0.1) is 0 Å². The van der Waals surface area contributed by atoms with Crippen LogP contribution in [-0.2, 0) is 16.1 Å². The molecule has 2 rings (SSSR count). The molecule has 8 heteroatoms. The van der Waals surface area contributed by atoms with Gasteiger partial charge in [-0.2, -0.15) is 0 Å². The van der Waals surface area contributed by atoms with Gasteiger partial charge in [-0.05, 0) is 31.0 Å². The van der Waals surface area contributed by atoms with E-state index in [4.69, 9.17) is 22.2 Å². The molecular formula is C16H20ClN5O2. The van der Waals surface area contributed by atoms with Crippen molar-refractivity contribution in [2.45, 2.75) is 19.4 Å². The molecule has 0 saturated heterocycles. The molecular weight excluding hydrogens is 330 g/mol. The summed E-state index contributed by atoms with van der Waals surface area (Å²) in [7, 11) is 0. The average Bonchev–Trinajstić information content (AvgIpc) is 3.10. The summed E-state index contributed by atoms with van der Waals surface area (Å²) in [6.07, 6.45) is 5.78. The number of nitrogens with zero attached hydrogens (tertiary/aromatic N) is 3. The standard InChI is InChI=1S/C16H20ClN5O2/c1-12(22-9-8-19-11-22)16(18)21-24-10-15(23)20-7-6-13-2-4-14(17)5-3-13/h2-5,8-9,11-12H,6-7,10H2,1H3,(H2,18,21)(H,20,23). The monoisotopic (exact) mass is 349 g/mol. The van der Waals surface area contributed by atoms with Crippen molar-refractivity contribution in [1.82, 2.24) is 14.9 Å². The van der Waals surface area contributed by atoms with Crippen LogP contribution in [-0.4, -0.2) is 34.4 Å². The Hall–Kier alpha value is -2.54. The highest BCUT2D eigenvalue weighted by Gasteiger charge is 2.09. The molecule has 1 aromatic carbocycles. The fourth-order valence-electron chi connectivity index (χ4n) is 1.94. The molecule has 1 heterocycles. The van der Waals surface area contributed by atoms with Crippen LogP contribution in [0.2, 0.25) is 5.02 Å². The van der Waals surface area contributed by atoms with Crippen LogP contribution in [0.25, 0.3) is 0 Å².